The van der Waals surface area contributed by atoms with Crippen molar-refractivity contribution in [2.45, 2.75) is 26.4 Å². The molecule has 0 aliphatic heterocycles. The quantitative estimate of drug-likeness (QED) is 0.651. The predicted molar refractivity (Wildman–Crippen MR) is 76.6 cm³/mol. The molecule has 0 bridgehead atoms. The van der Waals surface area contributed by atoms with Crippen molar-refractivity contribution in [3.8, 4) is 0 Å². The van der Waals surface area contributed by atoms with Gasteiger partial charge in [-0.2, -0.15) is 0 Å². The molecule has 0 atom stereocenters. The number of anilines is 1. The molecule has 98 valence electrons. The van der Waals surface area contributed by atoms with Crippen molar-refractivity contribution in [3.63, 3.8) is 0 Å². The minimum atomic E-state index is 0.276. The molecular weight excluding hydrogens is 270 g/mol. The summed E-state index contributed by atoms with van der Waals surface area (Å²) in [6.07, 6.45) is 1.19. The number of rotatable bonds is 6. The Hall–Kier alpha value is -0.910. The first-order chi connectivity index (χ1) is 8.66. The van der Waals surface area contributed by atoms with E-state index in [1.54, 1.807) is 11.3 Å². The molecule has 0 saturated heterocycles. The van der Waals surface area contributed by atoms with Crippen LogP contribution in [0.2, 0.25) is 5.15 Å². The second-order valence-electron chi connectivity index (χ2n) is 4.18. The Morgan fingerprint density at radius 3 is 3.06 bits per heavy atom. The van der Waals surface area contributed by atoms with E-state index in [4.69, 9.17) is 16.3 Å². The Bertz CT molecular complexity index is 515. The van der Waals surface area contributed by atoms with E-state index in [0.717, 1.165) is 29.8 Å². The maximum atomic E-state index is 6.08. The summed E-state index contributed by atoms with van der Waals surface area (Å²) in [4.78, 5) is 9.53. The van der Waals surface area contributed by atoms with Gasteiger partial charge >= 0.3 is 0 Å². The number of ether oxygens (including phenoxy) is 1. The lowest BCUT2D eigenvalue weighted by Crippen LogP contribution is -2.10. The van der Waals surface area contributed by atoms with E-state index in [9.17, 15) is 0 Å². The average molecular weight is 286 g/mol. The molecule has 2 aromatic rings. The normalized spacial score (nSPS) is 11.3. The highest BCUT2D eigenvalue weighted by atomic mass is 35.5. The molecule has 0 aliphatic carbocycles. The number of nitrogens with one attached hydrogen (secondary N) is 1. The number of hydrogen-bond acceptors (Lipinski definition) is 5. The van der Waals surface area contributed by atoms with Gasteiger partial charge in [0.05, 0.1) is 6.10 Å². The second-order valence-corrected chi connectivity index (χ2v) is 5.43. The first-order valence-corrected chi connectivity index (χ1v) is 7.19. The van der Waals surface area contributed by atoms with Gasteiger partial charge in [-0.3, -0.25) is 0 Å². The fourth-order valence-electron chi connectivity index (χ4n) is 1.49. The molecule has 0 radical (unpaired) electrons. The van der Waals surface area contributed by atoms with Crippen LogP contribution in [0.1, 0.15) is 20.3 Å². The summed E-state index contributed by atoms with van der Waals surface area (Å²) in [7, 11) is 0. The van der Waals surface area contributed by atoms with Crippen molar-refractivity contribution in [1.82, 2.24) is 9.97 Å². The van der Waals surface area contributed by atoms with E-state index in [-0.39, 0.29) is 6.10 Å². The molecule has 6 heteroatoms. The fraction of sp³-hybridized carbons (Fsp3) is 0.500. The second kappa shape index (κ2) is 6.31. The van der Waals surface area contributed by atoms with Crippen molar-refractivity contribution >= 4 is 39.1 Å². The summed E-state index contributed by atoms with van der Waals surface area (Å²) in [6, 6.07) is 1.93. The number of aromatic nitrogens is 2. The smallest absolute Gasteiger partial charge is 0.225 e. The van der Waals surface area contributed by atoms with Gasteiger partial charge in [0, 0.05) is 18.5 Å². The zero-order valence-corrected chi connectivity index (χ0v) is 12.0. The predicted octanol–water partition coefficient (Wildman–Crippen LogP) is 3.57. The molecule has 2 aromatic heterocycles. The van der Waals surface area contributed by atoms with Crippen molar-refractivity contribution in [2.24, 2.45) is 0 Å². The topological polar surface area (TPSA) is 47.0 Å². The molecule has 0 fully saturated rings. The van der Waals surface area contributed by atoms with Gasteiger partial charge in [-0.25, -0.2) is 9.97 Å². The molecule has 0 unspecified atom stereocenters. The van der Waals surface area contributed by atoms with Crippen molar-refractivity contribution in [1.29, 1.82) is 0 Å². The molecule has 2 rings (SSSR count). The summed E-state index contributed by atoms with van der Waals surface area (Å²) >= 11 is 7.64. The summed E-state index contributed by atoms with van der Waals surface area (Å²) < 4.78 is 5.46. The summed E-state index contributed by atoms with van der Waals surface area (Å²) in [5.74, 6) is 0.583. The number of fused-ring (bicyclic) bond motifs is 1. The Morgan fingerprint density at radius 1 is 1.44 bits per heavy atom. The monoisotopic (exact) mass is 285 g/mol. The molecule has 18 heavy (non-hydrogen) atoms. The van der Waals surface area contributed by atoms with Crippen LogP contribution in [-0.4, -0.2) is 29.2 Å². The average Bonchev–Trinajstić information content (AvgIpc) is 2.77. The molecule has 0 amide bonds. The maximum Gasteiger partial charge on any atom is 0.225 e. The number of halogens is 1. The summed E-state index contributed by atoms with van der Waals surface area (Å²) in [5, 5.41) is 6.54. The van der Waals surface area contributed by atoms with Crippen LogP contribution < -0.4 is 5.32 Å². The van der Waals surface area contributed by atoms with Gasteiger partial charge in [-0.1, -0.05) is 11.6 Å². The zero-order valence-electron chi connectivity index (χ0n) is 10.4. The number of thiophene rings is 1. The van der Waals surface area contributed by atoms with Crippen molar-refractivity contribution < 1.29 is 4.74 Å². The number of hydrogen-bond donors (Lipinski definition) is 1. The van der Waals surface area contributed by atoms with E-state index < -0.39 is 0 Å². The lowest BCUT2D eigenvalue weighted by atomic mass is 10.4. The first-order valence-electron chi connectivity index (χ1n) is 5.93. The van der Waals surface area contributed by atoms with E-state index in [1.165, 1.54) is 0 Å². The van der Waals surface area contributed by atoms with E-state index in [2.05, 4.69) is 15.3 Å². The minimum Gasteiger partial charge on any atom is -0.379 e. The largest absolute Gasteiger partial charge is 0.379 e. The van der Waals surface area contributed by atoms with E-state index in [1.807, 2.05) is 25.3 Å². The van der Waals surface area contributed by atoms with Crippen LogP contribution in [0.5, 0.6) is 0 Å². The molecule has 2 heterocycles. The van der Waals surface area contributed by atoms with E-state index in [0.29, 0.717) is 11.1 Å². The van der Waals surface area contributed by atoms with Gasteiger partial charge in [0.25, 0.3) is 0 Å². The SMILES string of the molecule is CC(C)OCCCNc1nc(Cl)c2ccsc2n1. The lowest BCUT2D eigenvalue weighted by Gasteiger charge is -2.08. The van der Waals surface area contributed by atoms with E-state index >= 15 is 0 Å². The molecule has 0 aromatic carbocycles. The Kier molecular flexibility index (Phi) is 4.74. The molecule has 0 spiro atoms. The van der Waals surface area contributed by atoms with Gasteiger partial charge in [-0.15, -0.1) is 11.3 Å². The van der Waals surface area contributed by atoms with Crippen LogP contribution in [0.25, 0.3) is 10.2 Å². The van der Waals surface area contributed by atoms with Crippen LogP contribution in [0.15, 0.2) is 11.4 Å². The Labute approximate surface area is 115 Å². The third kappa shape index (κ3) is 3.54. The van der Waals surface area contributed by atoms with Gasteiger partial charge < -0.3 is 10.1 Å². The molecule has 1 N–H and O–H groups in total. The molecule has 0 saturated carbocycles. The van der Waals surface area contributed by atoms with Crippen LogP contribution in [0, 0.1) is 0 Å². The van der Waals surface area contributed by atoms with Crippen LogP contribution in [0.3, 0.4) is 0 Å². The third-order valence-corrected chi connectivity index (χ3v) is 3.43. The molecular formula is C12H16ClN3OS. The minimum absolute atomic E-state index is 0.276. The Morgan fingerprint density at radius 2 is 2.28 bits per heavy atom. The maximum absolute atomic E-state index is 6.08. The molecule has 0 aliphatic rings. The van der Waals surface area contributed by atoms with Crippen LogP contribution >= 0.6 is 22.9 Å². The van der Waals surface area contributed by atoms with Gasteiger partial charge in [0.15, 0.2) is 0 Å². The van der Waals surface area contributed by atoms with Gasteiger partial charge in [-0.05, 0) is 31.7 Å². The standard InChI is InChI=1S/C12H16ClN3OS/c1-8(2)17-6-3-5-14-12-15-10(13)9-4-7-18-11(9)16-12/h4,7-8H,3,5-6H2,1-2H3,(H,14,15,16). The van der Waals surface area contributed by atoms with Gasteiger partial charge in [0.2, 0.25) is 5.95 Å². The third-order valence-electron chi connectivity index (χ3n) is 2.33. The molecule has 4 nitrogen and oxygen atoms in total. The summed E-state index contributed by atoms with van der Waals surface area (Å²) in [6.45, 7) is 5.57. The highest BCUT2D eigenvalue weighted by molar-refractivity contribution is 7.16. The Balaban J connectivity index is 1.88. The fourth-order valence-corrected chi connectivity index (χ4v) is 2.54. The van der Waals surface area contributed by atoms with Crippen molar-refractivity contribution in [3.05, 3.63) is 16.6 Å². The lowest BCUT2D eigenvalue weighted by molar-refractivity contribution is 0.0787. The first kappa shape index (κ1) is 13.5. The number of nitrogens with zero attached hydrogens (tertiary/aromatic N) is 2. The zero-order chi connectivity index (χ0) is 13.0. The van der Waals surface area contributed by atoms with Crippen molar-refractivity contribution in [2.75, 3.05) is 18.5 Å². The van der Waals surface area contributed by atoms with Crippen LogP contribution in [0.4, 0.5) is 5.95 Å². The van der Waals surface area contributed by atoms with Crippen LogP contribution in [-0.2, 0) is 4.74 Å². The highest BCUT2D eigenvalue weighted by Gasteiger charge is 2.06. The summed E-state index contributed by atoms with van der Waals surface area (Å²) in [5.41, 5.74) is 0. The van der Waals surface area contributed by atoms with Gasteiger partial charge in [0.1, 0.15) is 9.98 Å². The highest BCUT2D eigenvalue weighted by Crippen LogP contribution is 2.25.